The highest BCUT2D eigenvalue weighted by Crippen LogP contribution is 2.73. The molecular formula is C35H55NO5. The largest absolute Gasteiger partial charge is 0.469 e. The van der Waals surface area contributed by atoms with E-state index in [2.05, 4.69) is 54.5 Å². The number of methoxy groups -OCH3 is 1. The monoisotopic (exact) mass is 569 g/mol. The van der Waals surface area contributed by atoms with Crippen LogP contribution in [-0.4, -0.2) is 36.4 Å². The van der Waals surface area contributed by atoms with E-state index in [-0.39, 0.29) is 34.3 Å². The second kappa shape index (κ2) is 10.6. The van der Waals surface area contributed by atoms with Crippen molar-refractivity contribution in [3.63, 3.8) is 0 Å². The maximum atomic E-state index is 13.5. The summed E-state index contributed by atoms with van der Waals surface area (Å²) in [5.74, 6) is -0.394. The van der Waals surface area contributed by atoms with Crippen LogP contribution >= 0.6 is 0 Å². The van der Waals surface area contributed by atoms with Gasteiger partial charge in [0.2, 0.25) is 5.60 Å². The summed E-state index contributed by atoms with van der Waals surface area (Å²) in [7, 11) is 1.48. The van der Waals surface area contributed by atoms with Gasteiger partial charge >= 0.3 is 5.97 Å². The summed E-state index contributed by atoms with van der Waals surface area (Å²) in [5, 5.41) is 10.1. The van der Waals surface area contributed by atoms with Crippen LogP contribution < -0.4 is 0 Å². The Morgan fingerprint density at radius 3 is 2.15 bits per heavy atom. The van der Waals surface area contributed by atoms with E-state index in [0.717, 1.165) is 50.5 Å². The van der Waals surface area contributed by atoms with Gasteiger partial charge in [0.1, 0.15) is 12.2 Å². The van der Waals surface area contributed by atoms with Crippen molar-refractivity contribution in [2.75, 3.05) is 7.11 Å². The van der Waals surface area contributed by atoms with Crippen LogP contribution in [0.25, 0.3) is 0 Å². The lowest BCUT2D eigenvalue weighted by molar-refractivity contribution is -0.153. The van der Waals surface area contributed by atoms with Crippen molar-refractivity contribution in [2.24, 2.45) is 38.4 Å². The summed E-state index contributed by atoms with van der Waals surface area (Å²) < 4.78 is 11.4. The predicted molar refractivity (Wildman–Crippen MR) is 161 cm³/mol. The molecule has 1 saturated heterocycles. The standard InChI is InChI=1S/C35H55NO5/c1-13-15-29(3,4)17-19-32(9,28(39)40-12)20-18-30(5,6)33(10)16-14-24-31(7,8)26(38)35(22-36)27(41-35)34(24,11)25(33)21-23(2)37/h21,24,27H,13-20H2,1-12H3/b25-21+/t24-,27+,32-,33+,34-,35-/m0/s1. The van der Waals surface area contributed by atoms with Crippen LogP contribution in [0.5, 0.6) is 0 Å². The lowest BCUT2D eigenvalue weighted by atomic mass is 9.40. The first-order valence-electron chi connectivity index (χ1n) is 15.6. The molecule has 230 valence electrons. The van der Waals surface area contributed by atoms with Crippen LogP contribution in [0.4, 0.5) is 0 Å². The lowest BCUT2D eigenvalue weighted by Gasteiger charge is -2.61. The van der Waals surface area contributed by atoms with Gasteiger partial charge in [0.25, 0.3) is 0 Å². The minimum atomic E-state index is -1.44. The highest BCUT2D eigenvalue weighted by Gasteiger charge is 2.81. The van der Waals surface area contributed by atoms with Gasteiger partial charge in [-0.1, -0.05) is 74.3 Å². The summed E-state index contributed by atoms with van der Waals surface area (Å²) in [6.07, 6.45) is 8.16. The second-order valence-electron chi connectivity index (χ2n) is 16.1. The number of ether oxygens (including phenoxy) is 2. The lowest BCUT2D eigenvalue weighted by Crippen LogP contribution is -2.62. The molecule has 0 aromatic rings. The van der Waals surface area contributed by atoms with E-state index in [1.54, 1.807) is 13.0 Å². The summed E-state index contributed by atoms with van der Waals surface area (Å²) >= 11 is 0. The number of rotatable bonds is 11. The quantitative estimate of drug-likeness (QED) is 0.143. The Hall–Kier alpha value is -2.00. The number of allylic oxidation sites excluding steroid dienone is 1. The molecule has 0 aromatic heterocycles. The molecule has 1 heterocycles. The third-order valence-corrected chi connectivity index (χ3v) is 12.1. The van der Waals surface area contributed by atoms with Crippen LogP contribution in [0.2, 0.25) is 0 Å². The number of hydrogen-bond acceptors (Lipinski definition) is 6. The van der Waals surface area contributed by atoms with Crippen LogP contribution in [0.1, 0.15) is 128 Å². The van der Waals surface area contributed by atoms with Gasteiger partial charge in [-0.3, -0.25) is 14.4 Å². The molecule has 3 fully saturated rings. The third-order valence-electron chi connectivity index (χ3n) is 12.1. The number of Topliss-reactive ketones (excluding diaryl/α,β-unsaturated/α-hetero) is 1. The SMILES string of the molecule is CCCC(C)(C)CC[C@@](C)(CCC(C)(C)[C@]1(C)CC[C@H]2C(C)(C)C(=O)[C@]3(C#N)O[C@@H]3[C@]2(C)/C1=C/C(C)=O)C(=O)OC. The van der Waals surface area contributed by atoms with Crippen LogP contribution in [0, 0.1) is 49.7 Å². The van der Waals surface area contributed by atoms with Gasteiger partial charge in [-0.15, -0.1) is 0 Å². The van der Waals surface area contributed by atoms with E-state index >= 15 is 0 Å². The molecule has 0 unspecified atom stereocenters. The second-order valence-corrected chi connectivity index (χ2v) is 16.1. The van der Waals surface area contributed by atoms with Crippen molar-refractivity contribution in [1.29, 1.82) is 5.26 Å². The first-order valence-corrected chi connectivity index (χ1v) is 15.6. The number of ketones is 2. The number of nitrogens with zero attached hydrogens (tertiary/aromatic N) is 1. The summed E-state index contributed by atoms with van der Waals surface area (Å²) in [6, 6.07) is 2.22. The minimum Gasteiger partial charge on any atom is -0.469 e. The highest BCUT2D eigenvalue weighted by atomic mass is 16.6. The van der Waals surface area contributed by atoms with Crippen molar-refractivity contribution in [3.8, 4) is 6.07 Å². The van der Waals surface area contributed by atoms with Gasteiger partial charge in [0.05, 0.1) is 12.5 Å². The van der Waals surface area contributed by atoms with Gasteiger partial charge in [0, 0.05) is 10.8 Å². The molecule has 0 N–H and O–H groups in total. The van der Waals surface area contributed by atoms with E-state index in [0.29, 0.717) is 6.42 Å². The molecule has 6 atom stereocenters. The summed E-state index contributed by atoms with van der Waals surface area (Å²) in [4.78, 5) is 39.5. The van der Waals surface area contributed by atoms with E-state index in [4.69, 9.17) is 9.47 Å². The predicted octanol–water partition coefficient (Wildman–Crippen LogP) is 7.79. The number of carbonyl (C=O) groups is 3. The van der Waals surface area contributed by atoms with Crippen molar-refractivity contribution in [2.45, 2.75) is 139 Å². The average molecular weight is 570 g/mol. The Labute approximate surface area is 249 Å². The van der Waals surface area contributed by atoms with Crippen molar-refractivity contribution >= 4 is 17.5 Å². The Balaban J connectivity index is 2.01. The van der Waals surface area contributed by atoms with Gasteiger partial charge in [0.15, 0.2) is 11.6 Å². The average Bonchev–Trinajstić information content (AvgIpc) is 3.64. The zero-order valence-corrected chi connectivity index (χ0v) is 27.9. The molecule has 0 spiro atoms. The van der Waals surface area contributed by atoms with E-state index in [1.807, 2.05) is 20.8 Å². The molecule has 0 radical (unpaired) electrons. The molecule has 6 heteroatoms. The van der Waals surface area contributed by atoms with Gasteiger partial charge in [-0.25, -0.2) is 0 Å². The molecule has 2 saturated carbocycles. The smallest absolute Gasteiger partial charge is 0.311 e. The Kier molecular flexibility index (Phi) is 8.68. The Morgan fingerprint density at radius 2 is 1.63 bits per heavy atom. The molecule has 3 aliphatic rings. The van der Waals surface area contributed by atoms with Crippen LogP contribution in [0.3, 0.4) is 0 Å². The van der Waals surface area contributed by atoms with E-state index in [1.165, 1.54) is 7.11 Å². The van der Waals surface area contributed by atoms with Crippen molar-refractivity contribution < 1.29 is 23.9 Å². The molecule has 2 aliphatic carbocycles. The van der Waals surface area contributed by atoms with Crippen molar-refractivity contribution in [1.82, 2.24) is 0 Å². The molecule has 0 bridgehead atoms. The first-order chi connectivity index (χ1) is 18.6. The fourth-order valence-corrected chi connectivity index (χ4v) is 8.80. The Bertz CT molecular complexity index is 1160. The minimum absolute atomic E-state index is 0.0423. The van der Waals surface area contributed by atoms with Crippen LogP contribution in [-0.2, 0) is 23.9 Å². The topological polar surface area (TPSA) is 96.8 Å². The number of esters is 1. The third kappa shape index (κ3) is 5.23. The first kappa shape index (κ1) is 33.5. The fourth-order valence-electron chi connectivity index (χ4n) is 8.80. The highest BCUT2D eigenvalue weighted by molar-refractivity contribution is 6.00. The number of nitriles is 1. The van der Waals surface area contributed by atoms with Crippen molar-refractivity contribution in [3.05, 3.63) is 11.6 Å². The van der Waals surface area contributed by atoms with Gasteiger partial charge in [-0.2, -0.15) is 5.26 Å². The van der Waals surface area contributed by atoms with Gasteiger partial charge < -0.3 is 9.47 Å². The van der Waals surface area contributed by atoms with Gasteiger partial charge in [-0.05, 0) is 87.0 Å². The summed E-state index contributed by atoms with van der Waals surface area (Å²) in [6.45, 7) is 23.1. The molecule has 0 aromatic carbocycles. The number of carbonyl (C=O) groups excluding carboxylic acids is 3. The summed E-state index contributed by atoms with van der Waals surface area (Å²) in [5.41, 5.74) is -3.02. The van der Waals surface area contributed by atoms with E-state index in [9.17, 15) is 19.6 Å². The maximum absolute atomic E-state index is 13.5. The molecule has 3 rings (SSSR count). The normalized spacial score (nSPS) is 35.1. The van der Waals surface area contributed by atoms with Crippen LogP contribution in [0.15, 0.2) is 11.6 Å². The molecular weight excluding hydrogens is 514 g/mol. The van der Waals surface area contributed by atoms with E-state index < -0.39 is 33.4 Å². The molecule has 0 amide bonds. The fraction of sp³-hybridized carbons (Fsp3) is 0.829. The molecule has 1 aliphatic heterocycles. The maximum Gasteiger partial charge on any atom is 0.311 e. The molecule has 41 heavy (non-hydrogen) atoms. The molecule has 6 nitrogen and oxygen atoms in total. The number of fused-ring (bicyclic) bond motifs is 3. The number of epoxide rings is 1. The zero-order valence-electron chi connectivity index (χ0n) is 27.9. The zero-order chi connectivity index (χ0) is 31.4. The Morgan fingerprint density at radius 1 is 1.05 bits per heavy atom. The number of hydrogen-bond donors (Lipinski definition) is 0.